The van der Waals surface area contributed by atoms with Crippen molar-refractivity contribution in [1.82, 2.24) is 0 Å². The highest BCUT2D eigenvalue weighted by atomic mass is 16.4. The molecule has 22 heavy (non-hydrogen) atoms. The van der Waals surface area contributed by atoms with Gasteiger partial charge in [0.25, 0.3) is 0 Å². The fourth-order valence-electron chi connectivity index (χ4n) is 2.71. The Hall–Kier alpha value is -1.14. The quantitative estimate of drug-likeness (QED) is 0.343. The van der Waals surface area contributed by atoms with E-state index in [1.165, 1.54) is 0 Å². The summed E-state index contributed by atoms with van der Waals surface area (Å²) < 4.78 is 0. The highest BCUT2D eigenvalue weighted by Crippen LogP contribution is 2.22. The monoisotopic (exact) mass is 316 g/mol. The van der Waals surface area contributed by atoms with Gasteiger partial charge in [-0.3, -0.25) is 9.59 Å². The lowest BCUT2D eigenvalue weighted by atomic mass is 9.86. The summed E-state index contributed by atoms with van der Waals surface area (Å²) in [6.07, 6.45) is 8.22. The predicted octanol–water partition coefficient (Wildman–Crippen LogP) is 2.35. The van der Waals surface area contributed by atoms with Crippen LogP contribution in [-0.2, 0) is 9.59 Å². The molecule has 0 heterocycles. The number of unbranched alkanes of at least 4 members (excludes halogenated alkanes) is 3. The Morgan fingerprint density at radius 2 is 1.32 bits per heavy atom. The second-order valence-corrected chi connectivity index (χ2v) is 5.99. The maximum atomic E-state index is 10.6. The summed E-state index contributed by atoms with van der Waals surface area (Å²) in [5, 5.41) is 17.4. The lowest BCUT2D eigenvalue weighted by molar-refractivity contribution is -0.138. The van der Waals surface area contributed by atoms with Crippen molar-refractivity contribution in [3.8, 4) is 0 Å². The van der Waals surface area contributed by atoms with Crippen LogP contribution < -0.4 is 11.5 Å². The molecule has 6 N–H and O–H groups in total. The molecular formula is C16H32N2O4. The zero-order chi connectivity index (χ0) is 16.8. The van der Waals surface area contributed by atoms with Crippen LogP contribution in [0.25, 0.3) is 0 Å². The van der Waals surface area contributed by atoms with Crippen LogP contribution in [0.15, 0.2) is 0 Å². The van der Waals surface area contributed by atoms with Crippen molar-refractivity contribution in [2.24, 2.45) is 17.4 Å². The van der Waals surface area contributed by atoms with Gasteiger partial charge in [0.05, 0.1) is 0 Å². The lowest BCUT2D eigenvalue weighted by Gasteiger charge is -2.24. The van der Waals surface area contributed by atoms with Crippen LogP contribution in [0.4, 0.5) is 0 Å². The molecule has 0 aromatic rings. The van der Waals surface area contributed by atoms with E-state index in [-0.39, 0.29) is 24.8 Å². The predicted molar refractivity (Wildman–Crippen MR) is 86.6 cm³/mol. The number of hydrogen-bond acceptors (Lipinski definition) is 4. The van der Waals surface area contributed by atoms with Crippen LogP contribution in [0.2, 0.25) is 0 Å². The van der Waals surface area contributed by atoms with E-state index in [2.05, 4.69) is 0 Å². The first-order valence-electron chi connectivity index (χ1n) is 8.36. The third-order valence-electron chi connectivity index (χ3n) is 4.03. The SMILES string of the molecule is NCCCCCC(N)C(CCCCC(=O)O)CCCC(=O)O. The van der Waals surface area contributed by atoms with Crippen molar-refractivity contribution >= 4 is 11.9 Å². The van der Waals surface area contributed by atoms with Crippen LogP contribution in [0.3, 0.4) is 0 Å². The van der Waals surface area contributed by atoms with Crippen LogP contribution in [0, 0.1) is 5.92 Å². The van der Waals surface area contributed by atoms with E-state index in [4.69, 9.17) is 21.7 Å². The van der Waals surface area contributed by atoms with Gasteiger partial charge in [-0.05, 0) is 51.0 Å². The van der Waals surface area contributed by atoms with Gasteiger partial charge in [-0.1, -0.05) is 19.3 Å². The number of hydrogen-bond donors (Lipinski definition) is 4. The van der Waals surface area contributed by atoms with Gasteiger partial charge in [0, 0.05) is 18.9 Å². The van der Waals surface area contributed by atoms with Gasteiger partial charge in [0.1, 0.15) is 0 Å². The summed E-state index contributed by atoms with van der Waals surface area (Å²) in [4.78, 5) is 21.1. The van der Waals surface area contributed by atoms with Gasteiger partial charge in [-0.15, -0.1) is 0 Å². The van der Waals surface area contributed by atoms with E-state index in [1.807, 2.05) is 0 Å². The van der Waals surface area contributed by atoms with Crippen molar-refractivity contribution in [2.45, 2.75) is 76.7 Å². The minimum Gasteiger partial charge on any atom is -0.481 e. The van der Waals surface area contributed by atoms with Gasteiger partial charge in [0.2, 0.25) is 0 Å². The molecule has 0 aliphatic heterocycles. The first-order valence-corrected chi connectivity index (χ1v) is 8.36. The molecule has 2 atom stereocenters. The van der Waals surface area contributed by atoms with E-state index in [1.54, 1.807) is 0 Å². The number of carboxylic acids is 2. The van der Waals surface area contributed by atoms with E-state index in [0.29, 0.717) is 19.4 Å². The molecule has 0 saturated carbocycles. The molecule has 0 aliphatic carbocycles. The topological polar surface area (TPSA) is 127 Å². The maximum Gasteiger partial charge on any atom is 0.303 e. The second kappa shape index (κ2) is 13.5. The molecule has 0 aromatic heterocycles. The van der Waals surface area contributed by atoms with Crippen LogP contribution in [0.1, 0.15) is 70.6 Å². The molecule has 6 heteroatoms. The summed E-state index contributed by atoms with van der Waals surface area (Å²) >= 11 is 0. The molecule has 0 fully saturated rings. The minimum absolute atomic E-state index is 0.0661. The zero-order valence-corrected chi connectivity index (χ0v) is 13.5. The fourth-order valence-corrected chi connectivity index (χ4v) is 2.71. The first-order chi connectivity index (χ1) is 10.5. The van der Waals surface area contributed by atoms with E-state index in [9.17, 15) is 9.59 Å². The van der Waals surface area contributed by atoms with Gasteiger partial charge in [-0.2, -0.15) is 0 Å². The number of nitrogens with two attached hydrogens (primary N) is 2. The van der Waals surface area contributed by atoms with Crippen molar-refractivity contribution in [1.29, 1.82) is 0 Å². The summed E-state index contributed by atoms with van der Waals surface area (Å²) in [5.41, 5.74) is 11.7. The molecular weight excluding hydrogens is 284 g/mol. The van der Waals surface area contributed by atoms with Crippen molar-refractivity contribution < 1.29 is 19.8 Å². The van der Waals surface area contributed by atoms with Gasteiger partial charge >= 0.3 is 11.9 Å². The maximum absolute atomic E-state index is 10.6. The number of rotatable bonds is 15. The lowest BCUT2D eigenvalue weighted by Crippen LogP contribution is -2.30. The van der Waals surface area contributed by atoms with E-state index >= 15 is 0 Å². The smallest absolute Gasteiger partial charge is 0.303 e. The zero-order valence-electron chi connectivity index (χ0n) is 13.5. The Balaban J connectivity index is 4.11. The largest absolute Gasteiger partial charge is 0.481 e. The molecule has 0 rings (SSSR count). The van der Waals surface area contributed by atoms with Crippen molar-refractivity contribution in [3.63, 3.8) is 0 Å². The summed E-state index contributed by atoms with van der Waals surface area (Å²) in [5.74, 6) is -1.26. The molecule has 2 unspecified atom stereocenters. The molecule has 0 saturated heterocycles. The highest BCUT2D eigenvalue weighted by molar-refractivity contribution is 5.66. The molecule has 0 aliphatic rings. The molecule has 0 amide bonds. The van der Waals surface area contributed by atoms with Gasteiger partial charge in [0.15, 0.2) is 0 Å². The Bertz CT molecular complexity index is 311. The third-order valence-corrected chi connectivity index (χ3v) is 4.03. The van der Waals surface area contributed by atoms with Crippen LogP contribution >= 0.6 is 0 Å². The second-order valence-electron chi connectivity index (χ2n) is 5.99. The Morgan fingerprint density at radius 1 is 0.773 bits per heavy atom. The fraction of sp³-hybridized carbons (Fsp3) is 0.875. The molecule has 0 bridgehead atoms. The Morgan fingerprint density at radius 3 is 1.91 bits per heavy atom. The van der Waals surface area contributed by atoms with Gasteiger partial charge < -0.3 is 21.7 Å². The van der Waals surface area contributed by atoms with E-state index < -0.39 is 11.9 Å². The summed E-state index contributed by atoms with van der Waals surface area (Å²) in [6.45, 7) is 0.701. The number of carboxylic acid groups (broad SMARTS) is 2. The van der Waals surface area contributed by atoms with Crippen molar-refractivity contribution in [2.75, 3.05) is 6.54 Å². The molecule has 130 valence electrons. The number of carbonyl (C=O) groups is 2. The van der Waals surface area contributed by atoms with Gasteiger partial charge in [-0.25, -0.2) is 0 Å². The Kier molecular flexibility index (Phi) is 12.8. The summed E-state index contributed by atoms with van der Waals surface area (Å²) in [7, 11) is 0. The van der Waals surface area contributed by atoms with Crippen LogP contribution in [-0.4, -0.2) is 34.7 Å². The average molecular weight is 316 g/mol. The number of aliphatic carboxylic acids is 2. The molecule has 6 nitrogen and oxygen atoms in total. The third kappa shape index (κ3) is 12.6. The minimum atomic E-state index is -0.777. The average Bonchev–Trinajstić information content (AvgIpc) is 2.45. The standard InChI is InChI=1S/C16H32N2O4/c17-12-5-1-2-9-14(18)13(8-6-11-16(21)22)7-3-4-10-15(19)20/h13-14H,1-12,17-18H2,(H,19,20)(H,21,22). The first kappa shape index (κ1) is 20.9. The van der Waals surface area contributed by atoms with Crippen LogP contribution in [0.5, 0.6) is 0 Å². The molecule has 0 spiro atoms. The summed E-state index contributed by atoms with van der Waals surface area (Å²) in [6, 6.07) is 0.0661. The Labute approximate surface area is 133 Å². The van der Waals surface area contributed by atoms with E-state index in [0.717, 1.165) is 44.9 Å². The molecule has 0 aromatic carbocycles. The normalized spacial score (nSPS) is 13.7. The molecule has 0 radical (unpaired) electrons. The highest BCUT2D eigenvalue weighted by Gasteiger charge is 2.17. The van der Waals surface area contributed by atoms with Crippen molar-refractivity contribution in [3.05, 3.63) is 0 Å².